The average molecular weight is 441 g/mol. The van der Waals surface area contributed by atoms with Crippen LogP contribution in [-0.2, 0) is 11.0 Å². The van der Waals surface area contributed by atoms with Gasteiger partial charge >= 0.3 is 6.18 Å². The molecule has 0 aliphatic heterocycles. The minimum Gasteiger partial charge on any atom is -0.325 e. The Bertz CT molecular complexity index is 1230. The first kappa shape index (κ1) is 21.0. The lowest BCUT2D eigenvalue weighted by molar-refractivity contribution is -0.137. The van der Waals surface area contributed by atoms with Crippen LogP contribution < -0.4 is 5.32 Å². The molecule has 1 amide bonds. The van der Waals surface area contributed by atoms with Crippen LogP contribution in [0.4, 0.5) is 18.9 Å². The molecule has 0 fully saturated rings. The predicted octanol–water partition coefficient (Wildman–Crippen LogP) is 6.08. The molecule has 0 saturated carbocycles. The summed E-state index contributed by atoms with van der Waals surface area (Å²) in [6.45, 7) is 2.01. The Balaban J connectivity index is 1.52. The lowest BCUT2D eigenvalue weighted by atomic mass is 10.2. The zero-order valence-corrected chi connectivity index (χ0v) is 17.3. The number of amides is 1. The van der Waals surface area contributed by atoms with Crippen molar-refractivity contribution in [2.45, 2.75) is 18.3 Å². The minimum absolute atomic E-state index is 0.0656. The Hall–Kier alpha value is -3.26. The summed E-state index contributed by atoms with van der Waals surface area (Å²) in [7, 11) is 0. The molecule has 3 aromatic carbocycles. The highest BCUT2D eigenvalue weighted by molar-refractivity contribution is 7.99. The maximum absolute atomic E-state index is 12.7. The van der Waals surface area contributed by atoms with Crippen LogP contribution in [0.2, 0.25) is 0 Å². The van der Waals surface area contributed by atoms with Crippen LogP contribution in [0.1, 0.15) is 11.1 Å². The van der Waals surface area contributed by atoms with Gasteiger partial charge in [-0.25, -0.2) is 4.98 Å². The molecule has 0 aliphatic carbocycles. The van der Waals surface area contributed by atoms with Crippen LogP contribution in [0, 0.1) is 6.92 Å². The van der Waals surface area contributed by atoms with Gasteiger partial charge in [-0.1, -0.05) is 36.0 Å². The molecular weight excluding hydrogens is 423 g/mol. The monoisotopic (exact) mass is 441 g/mol. The molecule has 0 aliphatic rings. The molecule has 0 unspecified atom stereocenters. The fourth-order valence-electron chi connectivity index (χ4n) is 3.19. The van der Waals surface area contributed by atoms with Crippen molar-refractivity contribution in [3.63, 3.8) is 0 Å². The number of imidazole rings is 1. The van der Waals surface area contributed by atoms with Crippen LogP contribution in [0.15, 0.2) is 78.0 Å². The Labute approximate surface area is 181 Å². The van der Waals surface area contributed by atoms with E-state index in [0.29, 0.717) is 10.8 Å². The van der Waals surface area contributed by atoms with E-state index < -0.39 is 11.7 Å². The summed E-state index contributed by atoms with van der Waals surface area (Å²) >= 11 is 1.27. The Morgan fingerprint density at radius 3 is 2.48 bits per heavy atom. The number of carbonyl (C=O) groups excluding carboxylic acids is 1. The minimum atomic E-state index is -4.41. The van der Waals surface area contributed by atoms with Crippen LogP contribution >= 0.6 is 11.8 Å². The van der Waals surface area contributed by atoms with Crippen molar-refractivity contribution in [3.05, 3.63) is 83.9 Å². The molecule has 158 valence electrons. The fraction of sp³-hybridized carbons (Fsp3) is 0.130. The van der Waals surface area contributed by atoms with Crippen molar-refractivity contribution in [1.82, 2.24) is 9.55 Å². The lowest BCUT2D eigenvalue weighted by Gasteiger charge is -2.11. The lowest BCUT2D eigenvalue weighted by Crippen LogP contribution is -2.15. The van der Waals surface area contributed by atoms with Crippen LogP contribution in [0.3, 0.4) is 0 Å². The number of alkyl halides is 3. The standard InChI is InChI=1S/C23H18F3N3OS/c1-15-5-4-6-18(13-15)29-20-8-3-2-7-19(20)28-22(29)31-14-21(30)27-17-11-9-16(10-12-17)23(24,25)26/h2-13H,14H2,1H3,(H,27,30). The Kier molecular flexibility index (Phi) is 5.73. The molecule has 1 aromatic heterocycles. The summed E-state index contributed by atoms with van der Waals surface area (Å²) in [5.74, 6) is -0.261. The molecule has 1 N–H and O–H groups in total. The predicted molar refractivity (Wildman–Crippen MR) is 117 cm³/mol. The molecule has 0 bridgehead atoms. The Morgan fingerprint density at radius 1 is 1.03 bits per heavy atom. The number of hydrogen-bond donors (Lipinski definition) is 1. The van der Waals surface area contributed by atoms with Gasteiger partial charge in [0.15, 0.2) is 5.16 Å². The van der Waals surface area contributed by atoms with Gasteiger partial charge in [-0.3, -0.25) is 9.36 Å². The topological polar surface area (TPSA) is 46.9 Å². The molecule has 0 spiro atoms. The van der Waals surface area contributed by atoms with Crippen molar-refractivity contribution < 1.29 is 18.0 Å². The number of aromatic nitrogens is 2. The number of anilines is 1. The molecule has 4 rings (SSSR count). The van der Waals surface area contributed by atoms with Crippen molar-refractivity contribution in [1.29, 1.82) is 0 Å². The van der Waals surface area contributed by atoms with E-state index in [2.05, 4.69) is 10.3 Å². The number of nitrogens with zero attached hydrogens (tertiary/aromatic N) is 2. The molecular formula is C23H18F3N3OS. The molecule has 0 radical (unpaired) electrons. The number of aryl methyl sites for hydroxylation is 1. The molecule has 4 nitrogen and oxygen atoms in total. The van der Waals surface area contributed by atoms with E-state index >= 15 is 0 Å². The van der Waals surface area contributed by atoms with Gasteiger partial charge in [-0.15, -0.1) is 0 Å². The second kappa shape index (κ2) is 8.47. The van der Waals surface area contributed by atoms with Crippen LogP contribution in [-0.4, -0.2) is 21.2 Å². The normalized spacial score (nSPS) is 11.6. The number of carbonyl (C=O) groups is 1. The van der Waals surface area contributed by atoms with Gasteiger partial charge in [0.25, 0.3) is 0 Å². The molecule has 8 heteroatoms. The highest BCUT2D eigenvalue weighted by Crippen LogP contribution is 2.30. The third-order valence-corrected chi connectivity index (χ3v) is 5.56. The number of para-hydroxylation sites is 2. The number of hydrogen-bond acceptors (Lipinski definition) is 3. The van der Waals surface area contributed by atoms with E-state index in [9.17, 15) is 18.0 Å². The van der Waals surface area contributed by atoms with Gasteiger partial charge in [0.05, 0.1) is 22.3 Å². The van der Waals surface area contributed by atoms with Crippen molar-refractivity contribution in [3.8, 4) is 5.69 Å². The Morgan fingerprint density at radius 2 is 1.77 bits per heavy atom. The largest absolute Gasteiger partial charge is 0.416 e. The van der Waals surface area contributed by atoms with Crippen molar-refractivity contribution >= 4 is 34.4 Å². The zero-order valence-electron chi connectivity index (χ0n) is 16.5. The average Bonchev–Trinajstić information content (AvgIpc) is 3.10. The third-order valence-electron chi connectivity index (χ3n) is 4.62. The van der Waals surface area contributed by atoms with Crippen molar-refractivity contribution in [2.75, 3.05) is 11.1 Å². The number of rotatable bonds is 5. The fourth-order valence-corrected chi connectivity index (χ4v) is 4.02. The molecule has 31 heavy (non-hydrogen) atoms. The number of benzene rings is 3. The zero-order chi connectivity index (χ0) is 22.0. The van der Waals surface area contributed by atoms with E-state index in [4.69, 9.17) is 0 Å². The highest BCUT2D eigenvalue weighted by Gasteiger charge is 2.30. The van der Waals surface area contributed by atoms with E-state index in [1.165, 1.54) is 23.9 Å². The third kappa shape index (κ3) is 4.74. The quantitative estimate of drug-likeness (QED) is 0.382. The summed E-state index contributed by atoms with van der Waals surface area (Å²) in [4.78, 5) is 17.1. The first-order chi connectivity index (χ1) is 14.8. The molecule has 1 heterocycles. The van der Waals surface area contributed by atoms with Gasteiger partial charge in [0.1, 0.15) is 0 Å². The van der Waals surface area contributed by atoms with E-state index in [0.717, 1.165) is 34.4 Å². The van der Waals surface area contributed by atoms with Gasteiger partial charge in [0.2, 0.25) is 5.91 Å². The van der Waals surface area contributed by atoms with Crippen molar-refractivity contribution in [2.24, 2.45) is 0 Å². The number of fused-ring (bicyclic) bond motifs is 1. The molecule has 0 saturated heterocycles. The summed E-state index contributed by atoms with van der Waals surface area (Å²) in [6, 6.07) is 20.1. The van der Waals surface area contributed by atoms with Gasteiger partial charge in [-0.2, -0.15) is 13.2 Å². The second-order valence-corrected chi connectivity index (χ2v) is 7.91. The highest BCUT2D eigenvalue weighted by atomic mass is 32.2. The summed E-state index contributed by atoms with van der Waals surface area (Å²) in [5.41, 5.74) is 3.34. The first-order valence-corrected chi connectivity index (χ1v) is 10.4. The maximum atomic E-state index is 12.7. The summed E-state index contributed by atoms with van der Waals surface area (Å²) in [6.07, 6.45) is -4.41. The summed E-state index contributed by atoms with van der Waals surface area (Å²) < 4.78 is 40.0. The van der Waals surface area contributed by atoms with Crippen LogP contribution in [0.25, 0.3) is 16.7 Å². The number of halogens is 3. The number of thioether (sulfide) groups is 1. The van der Waals surface area contributed by atoms with Crippen LogP contribution in [0.5, 0.6) is 0 Å². The SMILES string of the molecule is Cc1cccc(-n2c(SCC(=O)Nc3ccc(C(F)(F)F)cc3)nc3ccccc32)c1. The van der Waals surface area contributed by atoms with Gasteiger partial charge in [0, 0.05) is 11.4 Å². The van der Waals surface area contributed by atoms with Gasteiger partial charge < -0.3 is 5.32 Å². The first-order valence-electron chi connectivity index (χ1n) is 9.46. The van der Waals surface area contributed by atoms with Gasteiger partial charge in [-0.05, 0) is 61.0 Å². The van der Waals surface area contributed by atoms with E-state index in [1.54, 1.807) is 0 Å². The van der Waals surface area contributed by atoms with E-state index in [-0.39, 0.29) is 11.7 Å². The molecule has 4 aromatic rings. The smallest absolute Gasteiger partial charge is 0.325 e. The molecule has 0 atom stereocenters. The summed E-state index contributed by atoms with van der Waals surface area (Å²) in [5, 5.41) is 3.29. The maximum Gasteiger partial charge on any atom is 0.416 e. The number of nitrogens with one attached hydrogen (secondary N) is 1. The van der Waals surface area contributed by atoms with E-state index in [1.807, 2.05) is 60.0 Å². The second-order valence-electron chi connectivity index (χ2n) is 6.97.